The van der Waals surface area contributed by atoms with Crippen molar-refractivity contribution in [3.05, 3.63) is 66.7 Å². The maximum Gasteiger partial charge on any atom is 0.273 e. The summed E-state index contributed by atoms with van der Waals surface area (Å²) in [5.74, 6) is 0.761. The Bertz CT molecular complexity index is 877. The average Bonchev–Trinajstić information content (AvgIpc) is 2.68. The highest BCUT2D eigenvalue weighted by molar-refractivity contribution is 6.05. The van der Waals surface area contributed by atoms with Gasteiger partial charge in [0.2, 0.25) is 0 Å². The molecule has 0 spiro atoms. The fourth-order valence-electron chi connectivity index (χ4n) is 3.27. The smallest absolute Gasteiger partial charge is 0.273 e. The number of rotatable bonds is 3. The monoisotopic (exact) mass is 333 g/mol. The number of likely N-dealkylation sites (tertiary alicyclic amines) is 1. The van der Waals surface area contributed by atoms with Crippen LogP contribution in [0.3, 0.4) is 0 Å². The maximum absolute atomic E-state index is 13.0. The third kappa shape index (κ3) is 3.31. The zero-order valence-electron chi connectivity index (χ0n) is 13.8. The van der Waals surface area contributed by atoms with E-state index in [9.17, 15) is 4.79 Å². The predicted molar refractivity (Wildman–Crippen MR) is 95.5 cm³/mol. The number of ether oxygens (including phenoxy) is 1. The van der Waals surface area contributed by atoms with Gasteiger partial charge in [-0.1, -0.05) is 24.3 Å². The number of nitrogens with zero attached hydrogens (tertiary/aromatic N) is 3. The molecule has 0 saturated carbocycles. The molecule has 1 unspecified atom stereocenters. The molecule has 5 heteroatoms. The molecular weight excluding hydrogens is 314 g/mol. The number of pyridine rings is 2. The van der Waals surface area contributed by atoms with Crippen molar-refractivity contribution in [2.24, 2.45) is 0 Å². The quantitative estimate of drug-likeness (QED) is 0.738. The highest BCUT2D eigenvalue weighted by atomic mass is 16.5. The average molecular weight is 333 g/mol. The summed E-state index contributed by atoms with van der Waals surface area (Å²) in [6, 6.07) is 13.5. The second kappa shape index (κ2) is 6.89. The van der Waals surface area contributed by atoms with Gasteiger partial charge < -0.3 is 9.64 Å². The molecule has 1 saturated heterocycles. The van der Waals surface area contributed by atoms with Crippen molar-refractivity contribution in [3.63, 3.8) is 0 Å². The van der Waals surface area contributed by atoms with Crippen LogP contribution >= 0.6 is 0 Å². The van der Waals surface area contributed by atoms with Crippen molar-refractivity contribution in [1.82, 2.24) is 14.9 Å². The minimum absolute atomic E-state index is 0.00456. The molecule has 1 amide bonds. The van der Waals surface area contributed by atoms with Crippen LogP contribution in [-0.4, -0.2) is 40.0 Å². The zero-order valence-corrected chi connectivity index (χ0v) is 13.8. The number of piperidine rings is 1. The lowest BCUT2D eigenvalue weighted by molar-refractivity contribution is 0.0534. The Morgan fingerprint density at radius 1 is 1.08 bits per heavy atom. The summed E-state index contributed by atoms with van der Waals surface area (Å²) < 4.78 is 6.00. The standard InChI is InChI=1S/C20H19N3O2/c24-20(19-18-6-2-1-4-15(18)7-12-22-19)23-13-3-5-17(14-23)25-16-8-10-21-11-9-16/h1-2,4,6-12,17H,3,5,13-14H2. The molecule has 1 atom stereocenters. The Kier molecular flexibility index (Phi) is 4.29. The fraction of sp³-hybridized carbons (Fsp3) is 0.250. The predicted octanol–water partition coefficient (Wildman–Crippen LogP) is 3.31. The van der Waals surface area contributed by atoms with Gasteiger partial charge in [-0.15, -0.1) is 0 Å². The second-order valence-corrected chi connectivity index (χ2v) is 6.20. The Morgan fingerprint density at radius 2 is 1.92 bits per heavy atom. The Labute approximate surface area is 146 Å². The summed E-state index contributed by atoms with van der Waals surface area (Å²) in [6.45, 7) is 1.31. The van der Waals surface area contributed by atoms with E-state index in [-0.39, 0.29) is 12.0 Å². The molecule has 0 N–H and O–H groups in total. The molecule has 0 bridgehead atoms. The molecule has 1 aliphatic rings. The normalized spacial score (nSPS) is 17.4. The first-order chi connectivity index (χ1) is 12.3. The number of carbonyl (C=O) groups is 1. The molecule has 25 heavy (non-hydrogen) atoms. The minimum atomic E-state index is -0.0279. The van der Waals surface area contributed by atoms with Crippen molar-refractivity contribution in [2.75, 3.05) is 13.1 Å². The van der Waals surface area contributed by atoms with Crippen molar-refractivity contribution in [1.29, 1.82) is 0 Å². The number of carbonyl (C=O) groups excluding carboxylic acids is 1. The Morgan fingerprint density at radius 3 is 2.80 bits per heavy atom. The van der Waals surface area contributed by atoms with E-state index >= 15 is 0 Å². The molecule has 3 heterocycles. The third-order valence-corrected chi connectivity index (χ3v) is 4.49. The van der Waals surface area contributed by atoms with Gasteiger partial charge in [0.1, 0.15) is 17.5 Å². The van der Waals surface area contributed by atoms with Crippen LogP contribution in [0.15, 0.2) is 61.1 Å². The van der Waals surface area contributed by atoms with Gasteiger partial charge in [-0.25, -0.2) is 0 Å². The fourth-order valence-corrected chi connectivity index (χ4v) is 3.27. The van der Waals surface area contributed by atoms with E-state index in [2.05, 4.69) is 9.97 Å². The molecule has 1 aromatic carbocycles. The molecular formula is C20H19N3O2. The molecule has 1 fully saturated rings. The second-order valence-electron chi connectivity index (χ2n) is 6.20. The number of fused-ring (bicyclic) bond motifs is 1. The van der Waals surface area contributed by atoms with E-state index in [0.29, 0.717) is 12.2 Å². The number of hydrogen-bond donors (Lipinski definition) is 0. The summed E-state index contributed by atoms with van der Waals surface area (Å²) in [5, 5.41) is 1.93. The number of aromatic nitrogens is 2. The molecule has 3 aromatic rings. The van der Waals surface area contributed by atoms with Gasteiger partial charge in [0.25, 0.3) is 5.91 Å². The molecule has 5 nitrogen and oxygen atoms in total. The maximum atomic E-state index is 13.0. The number of hydrogen-bond acceptors (Lipinski definition) is 4. The first-order valence-electron chi connectivity index (χ1n) is 8.51. The van der Waals surface area contributed by atoms with Crippen molar-refractivity contribution >= 4 is 16.7 Å². The highest BCUT2D eigenvalue weighted by Gasteiger charge is 2.27. The van der Waals surface area contributed by atoms with Gasteiger partial charge in [0, 0.05) is 30.5 Å². The molecule has 0 radical (unpaired) electrons. The van der Waals surface area contributed by atoms with Gasteiger partial charge in [-0.2, -0.15) is 0 Å². The van der Waals surface area contributed by atoms with E-state index in [1.807, 2.05) is 47.4 Å². The van der Waals surface area contributed by atoms with Crippen LogP contribution in [0.1, 0.15) is 23.3 Å². The SMILES string of the molecule is O=C(c1nccc2ccccc12)N1CCCC(Oc2ccncc2)C1. The van der Waals surface area contributed by atoms with Gasteiger partial charge in [0.05, 0.1) is 6.54 Å². The van der Waals surface area contributed by atoms with Crippen LogP contribution in [0.4, 0.5) is 0 Å². The van der Waals surface area contributed by atoms with E-state index in [1.165, 1.54) is 0 Å². The largest absolute Gasteiger partial charge is 0.488 e. The van der Waals surface area contributed by atoms with Gasteiger partial charge in [-0.05, 0) is 36.4 Å². The highest BCUT2D eigenvalue weighted by Crippen LogP contribution is 2.22. The minimum Gasteiger partial charge on any atom is -0.488 e. The van der Waals surface area contributed by atoms with Crippen molar-refractivity contribution < 1.29 is 9.53 Å². The molecule has 2 aromatic heterocycles. The van der Waals surface area contributed by atoms with Crippen LogP contribution in [0.2, 0.25) is 0 Å². The van der Waals surface area contributed by atoms with Gasteiger partial charge >= 0.3 is 0 Å². The van der Waals surface area contributed by atoms with E-state index in [4.69, 9.17) is 4.74 Å². The summed E-state index contributed by atoms with van der Waals surface area (Å²) in [4.78, 5) is 23.2. The summed E-state index contributed by atoms with van der Waals surface area (Å²) in [6.07, 6.45) is 6.98. The first-order valence-corrected chi connectivity index (χ1v) is 8.51. The van der Waals surface area contributed by atoms with E-state index in [0.717, 1.165) is 35.9 Å². The lowest BCUT2D eigenvalue weighted by Gasteiger charge is -2.32. The van der Waals surface area contributed by atoms with Crippen LogP contribution in [0.25, 0.3) is 10.8 Å². The topological polar surface area (TPSA) is 55.3 Å². The summed E-state index contributed by atoms with van der Waals surface area (Å²) in [7, 11) is 0. The van der Waals surface area contributed by atoms with E-state index < -0.39 is 0 Å². The lowest BCUT2D eigenvalue weighted by Crippen LogP contribution is -2.44. The third-order valence-electron chi connectivity index (χ3n) is 4.49. The van der Waals surface area contributed by atoms with Crippen LogP contribution in [0, 0.1) is 0 Å². The molecule has 4 rings (SSSR count). The lowest BCUT2D eigenvalue weighted by atomic mass is 10.1. The number of amides is 1. The molecule has 1 aliphatic heterocycles. The Hall–Kier alpha value is -2.95. The van der Waals surface area contributed by atoms with Crippen molar-refractivity contribution in [3.8, 4) is 5.75 Å². The molecule has 126 valence electrons. The van der Waals surface area contributed by atoms with Crippen LogP contribution < -0.4 is 4.74 Å². The summed E-state index contributed by atoms with van der Waals surface area (Å²) >= 11 is 0. The number of benzene rings is 1. The van der Waals surface area contributed by atoms with Crippen molar-refractivity contribution in [2.45, 2.75) is 18.9 Å². The zero-order chi connectivity index (χ0) is 17.1. The van der Waals surface area contributed by atoms with Crippen LogP contribution in [0.5, 0.6) is 5.75 Å². The van der Waals surface area contributed by atoms with E-state index in [1.54, 1.807) is 18.6 Å². The Balaban J connectivity index is 1.53. The summed E-state index contributed by atoms with van der Waals surface area (Å²) in [5.41, 5.74) is 0.516. The van der Waals surface area contributed by atoms with Gasteiger partial charge in [-0.3, -0.25) is 14.8 Å². The van der Waals surface area contributed by atoms with Gasteiger partial charge in [0.15, 0.2) is 0 Å². The molecule has 0 aliphatic carbocycles. The van der Waals surface area contributed by atoms with Crippen LogP contribution in [-0.2, 0) is 0 Å². The first kappa shape index (κ1) is 15.6.